The molecular formula is C25H28N2O2. The van der Waals surface area contributed by atoms with E-state index in [4.69, 9.17) is 0 Å². The van der Waals surface area contributed by atoms with Crippen molar-refractivity contribution in [2.75, 3.05) is 6.54 Å². The highest BCUT2D eigenvalue weighted by atomic mass is 16.2. The summed E-state index contributed by atoms with van der Waals surface area (Å²) in [5, 5.41) is 3.96. The van der Waals surface area contributed by atoms with E-state index in [1.807, 2.05) is 53.2 Å². The number of nitrogens with zero attached hydrogens (tertiary/aromatic N) is 1. The van der Waals surface area contributed by atoms with Crippen LogP contribution in [-0.4, -0.2) is 22.8 Å². The van der Waals surface area contributed by atoms with E-state index in [0.717, 1.165) is 48.6 Å². The fraction of sp³-hybridized carbons (Fsp3) is 0.360. The van der Waals surface area contributed by atoms with Crippen LogP contribution in [0.4, 0.5) is 0 Å². The normalized spacial score (nSPS) is 14.8. The summed E-state index contributed by atoms with van der Waals surface area (Å²) in [6.07, 6.45) is 8.17. The van der Waals surface area contributed by atoms with E-state index in [1.165, 1.54) is 12.0 Å². The number of rotatable bonds is 7. The van der Waals surface area contributed by atoms with Gasteiger partial charge in [-0.3, -0.25) is 9.59 Å². The molecule has 0 bridgehead atoms. The highest BCUT2D eigenvalue weighted by Crippen LogP contribution is 2.30. The Morgan fingerprint density at radius 2 is 1.66 bits per heavy atom. The topological polar surface area (TPSA) is 51.1 Å². The zero-order chi connectivity index (χ0) is 20.1. The lowest BCUT2D eigenvalue weighted by Gasteiger charge is -2.19. The van der Waals surface area contributed by atoms with Crippen molar-refractivity contribution in [3.63, 3.8) is 0 Å². The molecule has 1 N–H and O–H groups in total. The predicted molar refractivity (Wildman–Crippen MR) is 116 cm³/mol. The molecule has 3 aromatic rings. The molecule has 4 heteroatoms. The van der Waals surface area contributed by atoms with Crippen LogP contribution in [0, 0.1) is 5.92 Å². The van der Waals surface area contributed by atoms with Crippen molar-refractivity contribution in [2.24, 2.45) is 5.92 Å². The van der Waals surface area contributed by atoms with Crippen molar-refractivity contribution in [3.8, 4) is 0 Å². The zero-order valence-corrected chi connectivity index (χ0v) is 16.8. The summed E-state index contributed by atoms with van der Waals surface area (Å²) in [7, 11) is 0. The van der Waals surface area contributed by atoms with Gasteiger partial charge in [0.1, 0.15) is 6.54 Å². The molecule has 4 nitrogen and oxygen atoms in total. The number of para-hydroxylation sites is 1. The van der Waals surface area contributed by atoms with Gasteiger partial charge in [-0.1, -0.05) is 67.8 Å². The fourth-order valence-electron chi connectivity index (χ4n) is 4.36. The van der Waals surface area contributed by atoms with Crippen LogP contribution in [-0.2, 0) is 17.8 Å². The second-order valence-corrected chi connectivity index (χ2v) is 7.97. The molecule has 1 fully saturated rings. The van der Waals surface area contributed by atoms with Gasteiger partial charge >= 0.3 is 0 Å². The van der Waals surface area contributed by atoms with Crippen LogP contribution in [0.25, 0.3) is 10.9 Å². The van der Waals surface area contributed by atoms with Crippen molar-refractivity contribution >= 4 is 22.6 Å². The number of carbonyl (C=O) groups is 2. The predicted octanol–water partition coefficient (Wildman–Crippen LogP) is 4.76. The summed E-state index contributed by atoms with van der Waals surface area (Å²) in [5.74, 6) is 0.338. The summed E-state index contributed by atoms with van der Waals surface area (Å²) in [6, 6.07) is 18.0. The summed E-state index contributed by atoms with van der Waals surface area (Å²) >= 11 is 0. The molecule has 0 aliphatic heterocycles. The number of hydrogen-bond donors (Lipinski definition) is 1. The third kappa shape index (κ3) is 4.58. The van der Waals surface area contributed by atoms with E-state index < -0.39 is 0 Å². The largest absolute Gasteiger partial charge is 0.354 e. The number of aromatic nitrogens is 1. The minimum absolute atomic E-state index is 0.0293. The van der Waals surface area contributed by atoms with E-state index >= 15 is 0 Å². The van der Waals surface area contributed by atoms with Gasteiger partial charge in [-0.25, -0.2) is 0 Å². The van der Waals surface area contributed by atoms with Crippen LogP contribution < -0.4 is 5.32 Å². The van der Waals surface area contributed by atoms with Gasteiger partial charge in [0.05, 0.1) is 0 Å². The molecule has 1 heterocycles. The van der Waals surface area contributed by atoms with Gasteiger partial charge < -0.3 is 9.88 Å². The maximum atomic E-state index is 13.1. The third-order valence-electron chi connectivity index (χ3n) is 5.92. The zero-order valence-electron chi connectivity index (χ0n) is 16.8. The van der Waals surface area contributed by atoms with Crippen molar-refractivity contribution in [1.82, 2.24) is 9.88 Å². The van der Waals surface area contributed by atoms with Crippen molar-refractivity contribution in [3.05, 3.63) is 71.9 Å². The highest BCUT2D eigenvalue weighted by Gasteiger charge is 2.25. The Kier molecular flexibility index (Phi) is 6.09. The van der Waals surface area contributed by atoms with Crippen LogP contribution in [0.1, 0.15) is 48.0 Å². The van der Waals surface area contributed by atoms with Crippen molar-refractivity contribution in [1.29, 1.82) is 0 Å². The molecule has 1 aliphatic rings. The van der Waals surface area contributed by atoms with Crippen LogP contribution in [0.5, 0.6) is 0 Å². The number of nitrogens with one attached hydrogen (secondary N) is 1. The molecule has 2 aromatic carbocycles. The van der Waals surface area contributed by atoms with Gasteiger partial charge in [-0.15, -0.1) is 0 Å². The van der Waals surface area contributed by atoms with E-state index in [-0.39, 0.29) is 24.2 Å². The first-order valence-corrected chi connectivity index (χ1v) is 10.6. The molecular weight excluding hydrogens is 360 g/mol. The van der Waals surface area contributed by atoms with E-state index in [0.29, 0.717) is 6.54 Å². The average molecular weight is 389 g/mol. The molecule has 0 unspecified atom stereocenters. The van der Waals surface area contributed by atoms with Gasteiger partial charge in [-0.05, 0) is 30.9 Å². The molecule has 4 rings (SSSR count). The van der Waals surface area contributed by atoms with Crippen LogP contribution in [0.15, 0.2) is 60.8 Å². The van der Waals surface area contributed by atoms with Crippen LogP contribution >= 0.6 is 0 Å². The number of fused-ring (bicyclic) bond motifs is 1. The number of amides is 1. The second-order valence-electron chi connectivity index (χ2n) is 7.97. The second kappa shape index (κ2) is 9.08. The van der Waals surface area contributed by atoms with E-state index in [1.54, 1.807) is 0 Å². The Hall–Kier alpha value is -2.88. The number of Topliss-reactive ketones (excluding diaryl/α,β-unsaturated/α-hetero) is 1. The molecule has 0 atom stereocenters. The highest BCUT2D eigenvalue weighted by molar-refractivity contribution is 6.09. The van der Waals surface area contributed by atoms with Crippen LogP contribution in [0.2, 0.25) is 0 Å². The minimum atomic E-state index is -0.0293. The SMILES string of the molecule is O=C(Cn1cc(C(=O)C2CCCCC2)c2ccccc21)NCCc1ccccc1. The Balaban J connectivity index is 1.45. The number of benzene rings is 2. The monoisotopic (exact) mass is 388 g/mol. The Labute approximate surface area is 171 Å². The summed E-state index contributed by atoms with van der Waals surface area (Å²) in [6.45, 7) is 0.836. The quantitative estimate of drug-likeness (QED) is 0.593. The first kappa shape index (κ1) is 19.4. The molecule has 150 valence electrons. The smallest absolute Gasteiger partial charge is 0.239 e. The summed E-state index contributed by atoms with van der Waals surface area (Å²) < 4.78 is 1.92. The Bertz CT molecular complexity index is 984. The molecule has 0 saturated heterocycles. The van der Waals surface area contributed by atoms with Gasteiger partial charge in [0.25, 0.3) is 0 Å². The lowest BCUT2D eigenvalue weighted by Crippen LogP contribution is -2.29. The number of carbonyl (C=O) groups excluding carboxylic acids is 2. The Morgan fingerprint density at radius 3 is 2.45 bits per heavy atom. The van der Waals surface area contributed by atoms with Crippen LogP contribution in [0.3, 0.4) is 0 Å². The number of ketones is 1. The van der Waals surface area contributed by atoms with Gasteiger partial charge in [0.15, 0.2) is 5.78 Å². The van der Waals surface area contributed by atoms with Gasteiger partial charge in [-0.2, -0.15) is 0 Å². The molecule has 1 saturated carbocycles. The van der Waals surface area contributed by atoms with E-state index in [2.05, 4.69) is 17.4 Å². The third-order valence-corrected chi connectivity index (χ3v) is 5.92. The molecule has 1 aromatic heterocycles. The standard InChI is InChI=1S/C25H28N2O2/c28-24(26-16-15-19-9-3-1-4-10-19)18-27-17-22(21-13-7-8-14-23(21)27)25(29)20-11-5-2-6-12-20/h1,3-4,7-10,13-14,17,20H,2,5-6,11-12,15-16,18H2,(H,26,28). The summed E-state index contributed by atoms with van der Waals surface area (Å²) in [4.78, 5) is 25.6. The molecule has 1 amide bonds. The first-order valence-electron chi connectivity index (χ1n) is 10.6. The maximum absolute atomic E-state index is 13.1. The van der Waals surface area contributed by atoms with E-state index in [9.17, 15) is 9.59 Å². The lowest BCUT2D eigenvalue weighted by atomic mass is 9.84. The van der Waals surface area contributed by atoms with Gasteiger partial charge in [0, 0.05) is 35.1 Å². The average Bonchev–Trinajstić information content (AvgIpc) is 3.13. The van der Waals surface area contributed by atoms with Crippen molar-refractivity contribution < 1.29 is 9.59 Å². The minimum Gasteiger partial charge on any atom is -0.354 e. The number of hydrogen-bond acceptors (Lipinski definition) is 2. The molecule has 29 heavy (non-hydrogen) atoms. The molecule has 1 aliphatic carbocycles. The van der Waals surface area contributed by atoms with Crippen molar-refractivity contribution in [2.45, 2.75) is 45.1 Å². The fourth-order valence-corrected chi connectivity index (χ4v) is 4.36. The lowest BCUT2D eigenvalue weighted by molar-refractivity contribution is -0.121. The van der Waals surface area contributed by atoms with Gasteiger partial charge in [0.2, 0.25) is 5.91 Å². The molecule has 0 radical (unpaired) electrons. The Morgan fingerprint density at radius 1 is 0.931 bits per heavy atom. The first-order chi connectivity index (χ1) is 14.2. The summed E-state index contributed by atoms with van der Waals surface area (Å²) in [5.41, 5.74) is 2.93. The maximum Gasteiger partial charge on any atom is 0.239 e. The molecule has 0 spiro atoms.